The zero-order valence-corrected chi connectivity index (χ0v) is 13.0. The lowest BCUT2D eigenvalue weighted by Gasteiger charge is -2.24. The van der Waals surface area contributed by atoms with Gasteiger partial charge < -0.3 is 4.90 Å². The standard InChI is InChI=1S/C12H19N5O3S/c1-15(2)21(19,20)17-7-3-6-16(8-9-17)12(18)11-10-13-4-5-14-11/h4-5,10H,3,6-9H2,1-2H3. The second-order valence-electron chi connectivity index (χ2n) is 4.93. The van der Waals surface area contributed by atoms with Crippen LogP contribution in [0.1, 0.15) is 16.9 Å². The van der Waals surface area contributed by atoms with E-state index in [0.29, 0.717) is 26.1 Å². The molecule has 0 bridgehead atoms. The van der Waals surface area contributed by atoms with E-state index in [0.717, 1.165) is 0 Å². The molecule has 8 nitrogen and oxygen atoms in total. The Labute approximate surface area is 124 Å². The van der Waals surface area contributed by atoms with E-state index in [1.54, 1.807) is 4.90 Å². The fourth-order valence-electron chi connectivity index (χ4n) is 2.13. The van der Waals surface area contributed by atoms with Crippen molar-refractivity contribution in [3.05, 3.63) is 24.3 Å². The van der Waals surface area contributed by atoms with Gasteiger partial charge in [-0.1, -0.05) is 0 Å². The van der Waals surface area contributed by atoms with Crippen molar-refractivity contribution in [2.24, 2.45) is 0 Å². The fraction of sp³-hybridized carbons (Fsp3) is 0.583. The minimum absolute atomic E-state index is 0.216. The molecule has 0 aliphatic carbocycles. The Morgan fingerprint density at radius 1 is 1.19 bits per heavy atom. The highest BCUT2D eigenvalue weighted by Crippen LogP contribution is 2.11. The third kappa shape index (κ3) is 3.55. The molecule has 21 heavy (non-hydrogen) atoms. The number of amides is 1. The van der Waals surface area contributed by atoms with Gasteiger partial charge in [-0.15, -0.1) is 0 Å². The molecule has 1 aromatic heterocycles. The van der Waals surface area contributed by atoms with Crippen LogP contribution in [-0.4, -0.2) is 78.1 Å². The summed E-state index contributed by atoms with van der Waals surface area (Å²) in [5.41, 5.74) is 0.279. The summed E-state index contributed by atoms with van der Waals surface area (Å²) in [6.45, 7) is 1.55. The lowest BCUT2D eigenvalue weighted by molar-refractivity contribution is 0.0757. The van der Waals surface area contributed by atoms with Gasteiger partial charge >= 0.3 is 0 Å². The minimum atomic E-state index is -3.44. The SMILES string of the molecule is CN(C)S(=O)(=O)N1CCCN(C(=O)c2cnccn2)CC1. The van der Waals surface area contributed by atoms with Crippen LogP contribution in [0.5, 0.6) is 0 Å². The van der Waals surface area contributed by atoms with Crippen LogP contribution < -0.4 is 0 Å². The monoisotopic (exact) mass is 313 g/mol. The van der Waals surface area contributed by atoms with Crippen molar-refractivity contribution < 1.29 is 13.2 Å². The Kier molecular flexibility index (Phi) is 4.86. The first-order chi connectivity index (χ1) is 9.93. The van der Waals surface area contributed by atoms with Gasteiger partial charge in [0.1, 0.15) is 5.69 Å². The molecular formula is C12H19N5O3S. The van der Waals surface area contributed by atoms with Crippen molar-refractivity contribution in [3.63, 3.8) is 0 Å². The van der Waals surface area contributed by atoms with E-state index >= 15 is 0 Å². The summed E-state index contributed by atoms with van der Waals surface area (Å²) in [5.74, 6) is -0.216. The average Bonchev–Trinajstić information content (AvgIpc) is 2.73. The van der Waals surface area contributed by atoms with Crippen molar-refractivity contribution in [1.82, 2.24) is 23.5 Å². The van der Waals surface area contributed by atoms with Gasteiger partial charge in [-0.05, 0) is 6.42 Å². The molecule has 9 heteroatoms. The maximum absolute atomic E-state index is 12.3. The third-order valence-corrected chi connectivity index (χ3v) is 5.25. The Hall–Kier alpha value is -1.58. The first-order valence-electron chi connectivity index (χ1n) is 6.66. The van der Waals surface area contributed by atoms with E-state index in [4.69, 9.17) is 0 Å². The molecule has 1 saturated heterocycles. The lowest BCUT2D eigenvalue weighted by Crippen LogP contribution is -2.42. The number of carbonyl (C=O) groups excluding carboxylic acids is 1. The zero-order chi connectivity index (χ0) is 15.5. The summed E-state index contributed by atoms with van der Waals surface area (Å²) in [5, 5.41) is 0. The van der Waals surface area contributed by atoms with Crippen LogP contribution in [0.15, 0.2) is 18.6 Å². The lowest BCUT2D eigenvalue weighted by atomic mass is 10.3. The highest BCUT2D eigenvalue weighted by atomic mass is 32.2. The summed E-state index contributed by atoms with van der Waals surface area (Å²) in [4.78, 5) is 21.8. The number of hydrogen-bond donors (Lipinski definition) is 0. The van der Waals surface area contributed by atoms with Crippen molar-refractivity contribution in [2.75, 3.05) is 40.3 Å². The molecule has 1 aliphatic rings. The van der Waals surface area contributed by atoms with Gasteiger partial charge in [-0.2, -0.15) is 17.0 Å². The second kappa shape index (κ2) is 6.46. The summed E-state index contributed by atoms with van der Waals surface area (Å²) >= 11 is 0. The molecule has 1 fully saturated rings. The Balaban J connectivity index is 2.06. The summed E-state index contributed by atoms with van der Waals surface area (Å²) < 4.78 is 26.8. The van der Waals surface area contributed by atoms with Gasteiger partial charge in [0.25, 0.3) is 16.1 Å². The summed E-state index contributed by atoms with van der Waals surface area (Å²) in [6.07, 6.45) is 4.99. The van der Waals surface area contributed by atoms with E-state index < -0.39 is 10.2 Å². The quantitative estimate of drug-likeness (QED) is 0.746. The molecule has 116 valence electrons. The van der Waals surface area contributed by atoms with Gasteiger partial charge in [0.2, 0.25) is 0 Å². The molecule has 1 aliphatic heterocycles. The minimum Gasteiger partial charge on any atom is -0.336 e. The zero-order valence-electron chi connectivity index (χ0n) is 12.1. The van der Waals surface area contributed by atoms with Crippen LogP contribution in [0.2, 0.25) is 0 Å². The highest BCUT2D eigenvalue weighted by Gasteiger charge is 2.28. The molecule has 1 aromatic rings. The number of rotatable bonds is 3. The van der Waals surface area contributed by atoms with Crippen molar-refractivity contribution >= 4 is 16.1 Å². The van der Waals surface area contributed by atoms with E-state index in [1.807, 2.05) is 0 Å². The van der Waals surface area contributed by atoms with Gasteiger partial charge in [0.05, 0.1) is 6.20 Å². The topological polar surface area (TPSA) is 86.7 Å². The second-order valence-corrected chi connectivity index (χ2v) is 7.07. The van der Waals surface area contributed by atoms with Crippen molar-refractivity contribution in [1.29, 1.82) is 0 Å². The van der Waals surface area contributed by atoms with Crippen LogP contribution >= 0.6 is 0 Å². The Bertz CT molecular complexity index is 590. The summed E-state index contributed by atoms with van der Waals surface area (Å²) in [7, 11) is -0.431. The van der Waals surface area contributed by atoms with Gasteiger partial charge in [0.15, 0.2) is 0 Å². The van der Waals surface area contributed by atoms with Crippen molar-refractivity contribution in [3.8, 4) is 0 Å². The van der Waals surface area contributed by atoms with Crippen LogP contribution in [0.4, 0.5) is 0 Å². The molecule has 0 radical (unpaired) electrons. The van der Waals surface area contributed by atoms with Crippen LogP contribution in [-0.2, 0) is 10.2 Å². The van der Waals surface area contributed by atoms with Crippen LogP contribution in [0, 0.1) is 0 Å². The molecule has 0 N–H and O–H groups in total. The average molecular weight is 313 g/mol. The first-order valence-corrected chi connectivity index (χ1v) is 8.05. The Morgan fingerprint density at radius 2 is 1.95 bits per heavy atom. The normalized spacial score (nSPS) is 17.8. The molecule has 2 heterocycles. The molecule has 0 spiro atoms. The van der Waals surface area contributed by atoms with Crippen molar-refractivity contribution in [2.45, 2.75) is 6.42 Å². The first kappa shape index (κ1) is 15.8. The molecule has 0 unspecified atom stereocenters. The van der Waals surface area contributed by atoms with Crippen LogP contribution in [0.25, 0.3) is 0 Å². The van der Waals surface area contributed by atoms with E-state index in [2.05, 4.69) is 9.97 Å². The maximum Gasteiger partial charge on any atom is 0.281 e. The Morgan fingerprint density at radius 3 is 2.57 bits per heavy atom. The number of hydrogen-bond acceptors (Lipinski definition) is 5. The third-order valence-electron chi connectivity index (χ3n) is 3.31. The van der Waals surface area contributed by atoms with Gasteiger partial charge in [-0.3, -0.25) is 9.78 Å². The smallest absolute Gasteiger partial charge is 0.281 e. The number of carbonyl (C=O) groups is 1. The maximum atomic E-state index is 12.3. The van der Waals surface area contributed by atoms with E-state index in [9.17, 15) is 13.2 Å². The van der Waals surface area contributed by atoms with Gasteiger partial charge in [-0.25, -0.2) is 4.98 Å². The number of aromatic nitrogens is 2. The summed E-state index contributed by atoms with van der Waals surface area (Å²) in [6, 6.07) is 0. The molecule has 2 rings (SSSR count). The van der Waals surface area contributed by atoms with Gasteiger partial charge in [0, 0.05) is 52.7 Å². The van der Waals surface area contributed by atoms with E-state index in [-0.39, 0.29) is 18.1 Å². The number of nitrogens with zero attached hydrogens (tertiary/aromatic N) is 5. The molecule has 0 saturated carbocycles. The predicted molar refractivity (Wildman–Crippen MR) is 76.7 cm³/mol. The predicted octanol–water partition coefficient (Wildman–Crippen LogP) is -0.569. The molecule has 1 amide bonds. The largest absolute Gasteiger partial charge is 0.336 e. The van der Waals surface area contributed by atoms with Crippen LogP contribution in [0.3, 0.4) is 0 Å². The molecular weight excluding hydrogens is 294 g/mol. The molecule has 0 atom stereocenters. The fourth-order valence-corrected chi connectivity index (χ4v) is 3.26. The van der Waals surface area contributed by atoms with E-state index in [1.165, 1.54) is 41.3 Å². The molecule has 0 aromatic carbocycles. The highest BCUT2D eigenvalue weighted by molar-refractivity contribution is 7.86.